The number of hydrogen-bond donors (Lipinski definition) is 1. The third kappa shape index (κ3) is 4.23. The molecule has 8 nitrogen and oxygen atoms in total. The summed E-state index contributed by atoms with van der Waals surface area (Å²) in [6.07, 6.45) is 2.32. The van der Waals surface area contributed by atoms with Gasteiger partial charge in [0.15, 0.2) is 5.11 Å². The monoisotopic (exact) mass is 439 g/mol. The fourth-order valence-electron chi connectivity index (χ4n) is 3.57. The van der Waals surface area contributed by atoms with Crippen LogP contribution < -0.4 is 5.32 Å². The van der Waals surface area contributed by atoms with E-state index in [1.165, 1.54) is 12.1 Å². The SMILES string of the molecule is CCCCC[C@H]1[C@@H](C(=O)N2CCOC2=O)NC(=S)N1S(=O)(=O)c1ccc(C)cc1. The molecule has 0 spiro atoms. The Balaban J connectivity index is 1.93. The van der Waals surface area contributed by atoms with Gasteiger partial charge in [-0.2, -0.15) is 0 Å². The summed E-state index contributed by atoms with van der Waals surface area (Å²) in [4.78, 5) is 25.9. The predicted octanol–water partition coefficient (Wildman–Crippen LogP) is 2.17. The minimum absolute atomic E-state index is 0.0296. The normalized spacial score (nSPS) is 22.0. The summed E-state index contributed by atoms with van der Waals surface area (Å²) < 4.78 is 32.7. The summed E-state index contributed by atoms with van der Waals surface area (Å²) in [5.74, 6) is -0.516. The number of carbonyl (C=O) groups excluding carboxylic acids is 2. The van der Waals surface area contributed by atoms with Crippen LogP contribution in [0.4, 0.5) is 4.79 Å². The summed E-state index contributed by atoms with van der Waals surface area (Å²) in [6.45, 7) is 4.19. The van der Waals surface area contributed by atoms with Gasteiger partial charge in [0.25, 0.3) is 15.9 Å². The fraction of sp³-hybridized carbons (Fsp3) is 0.526. The standard InChI is InChI=1S/C19H25N3O5S2/c1-3-4-5-6-15-16(17(23)21-11-12-27-19(21)24)20-18(28)22(15)29(25,26)14-9-7-13(2)8-10-14/h7-10,15-16H,3-6,11-12H2,1-2H3,(H,20,28)/t15-,16-/m0/s1. The van der Waals surface area contributed by atoms with Crippen LogP contribution in [0.3, 0.4) is 0 Å². The minimum Gasteiger partial charge on any atom is -0.447 e. The van der Waals surface area contributed by atoms with Gasteiger partial charge in [0, 0.05) is 0 Å². The van der Waals surface area contributed by atoms with Gasteiger partial charge < -0.3 is 10.1 Å². The summed E-state index contributed by atoms with van der Waals surface area (Å²) in [5.41, 5.74) is 0.936. The number of carbonyl (C=O) groups is 2. The first-order valence-electron chi connectivity index (χ1n) is 9.67. The number of sulfonamides is 1. The van der Waals surface area contributed by atoms with Crippen molar-refractivity contribution in [1.82, 2.24) is 14.5 Å². The Morgan fingerprint density at radius 1 is 1.28 bits per heavy atom. The van der Waals surface area contributed by atoms with Crippen molar-refractivity contribution < 1.29 is 22.7 Å². The molecule has 0 unspecified atom stereocenters. The van der Waals surface area contributed by atoms with Gasteiger partial charge in [-0.3, -0.25) is 4.79 Å². The lowest BCUT2D eigenvalue weighted by atomic mass is 10.0. The molecule has 2 saturated heterocycles. The van der Waals surface area contributed by atoms with Crippen molar-refractivity contribution in [3.05, 3.63) is 29.8 Å². The molecule has 2 heterocycles. The van der Waals surface area contributed by atoms with Gasteiger partial charge in [-0.1, -0.05) is 43.9 Å². The van der Waals surface area contributed by atoms with Crippen molar-refractivity contribution in [3.63, 3.8) is 0 Å². The number of nitrogens with one attached hydrogen (secondary N) is 1. The van der Waals surface area contributed by atoms with Gasteiger partial charge >= 0.3 is 6.09 Å². The van der Waals surface area contributed by atoms with Gasteiger partial charge in [0.1, 0.15) is 12.6 Å². The van der Waals surface area contributed by atoms with Gasteiger partial charge in [-0.25, -0.2) is 22.4 Å². The van der Waals surface area contributed by atoms with E-state index >= 15 is 0 Å². The molecule has 1 aromatic carbocycles. The Kier molecular flexibility index (Phi) is 6.42. The second kappa shape index (κ2) is 8.66. The molecular weight excluding hydrogens is 414 g/mol. The van der Waals surface area contributed by atoms with E-state index < -0.39 is 34.1 Å². The lowest BCUT2D eigenvalue weighted by Crippen LogP contribution is -2.50. The first kappa shape index (κ1) is 21.5. The highest BCUT2D eigenvalue weighted by Crippen LogP contribution is 2.29. The van der Waals surface area contributed by atoms with Crippen LogP contribution in [0.25, 0.3) is 0 Å². The Hall–Kier alpha value is -2.20. The van der Waals surface area contributed by atoms with Crippen molar-refractivity contribution in [2.45, 2.75) is 56.5 Å². The van der Waals surface area contributed by atoms with E-state index in [0.717, 1.165) is 34.0 Å². The molecule has 2 fully saturated rings. The minimum atomic E-state index is -3.95. The lowest BCUT2D eigenvalue weighted by molar-refractivity contribution is -0.130. The molecule has 10 heteroatoms. The quantitative estimate of drug-likeness (QED) is 0.514. The van der Waals surface area contributed by atoms with Crippen molar-refractivity contribution in [1.29, 1.82) is 0 Å². The molecule has 158 valence electrons. The van der Waals surface area contributed by atoms with Crippen LogP contribution >= 0.6 is 12.2 Å². The molecule has 1 aromatic rings. The van der Waals surface area contributed by atoms with Crippen LogP contribution in [0.15, 0.2) is 29.2 Å². The van der Waals surface area contributed by atoms with Crippen molar-refractivity contribution >= 4 is 39.4 Å². The number of unbranched alkanes of at least 4 members (excludes halogenated alkanes) is 2. The first-order chi connectivity index (χ1) is 13.8. The number of cyclic esters (lactones) is 1. The third-order valence-corrected chi connectivity index (χ3v) is 7.41. The fourth-order valence-corrected chi connectivity index (χ4v) is 5.68. The zero-order valence-corrected chi connectivity index (χ0v) is 18.1. The highest BCUT2D eigenvalue weighted by molar-refractivity contribution is 7.91. The molecule has 2 atom stereocenters. The number of rotatable bonds is 7. The number of nitrogens with zero attached hydrogens (tertiary/aromatic N) is 2. The van der Waals surface area contributed by atoms with E-state index in [9.17, 15) is 18.0 Å². The molecule has 3 rings (SSSR count). The largest absolute Gasteiger partial charge is 0.447 e. The van der Waals surface area contributed by atoms with Crippen molar-refractivity contribution in [2.24, 2.45) is 0 Å². The molecule has 0 saturated carbocycles. The molecule has 2 aliphatic rings. The summed E-state index contributed by atoms with van der Waals surface area (Å²) >= 11 is 5.32. The highest BCUT2D eigenvalue weighted by Gasteiger charge is 2.49. The maximum atomic E-state index is 13.3. The third-order valence-electron chi connectivity index (χ3n) is 5.14. The second-order valence-electron chi connectivity index (χ2n) is 7.21. The molecule has 0 aliphatic carbocycles. The Bertz CT molecular complexity index is 901. The van der Waals surface area contributed by atoms with Crippen LogP contribution in [0.5, 0.6) is 0 Å². The molecule has 0 radical (unpaired) electrons. The van der Waals surface area contributed by atoms with Crippen LogP contribution in [0.2, 0.25) is 0 Å². The molecular formula is C19H25N3O5S2. The van der Waals surface area contributed by atoms with Gasteiger partial charge in [0.05, 0.1) is 17.5 Å². The van der Waals surface area contributed by atoms with Gasteiger partial charge in [-0.05, 0) is 37.7 Å². The Labute approximate surface area is 176 Å². The number of amides is 2. The summed E-state index contributed by atoms with van der Waals surface area (Å²) in [6, 6.07) is 4.86. The van der Waals surface area contributed by atoms with Crippen molar-refractivity contribution in [3.8, 4) is 0 Å². The topological polar surface area (TPSA) is 96.0 Å². The molecule has 0 bridgehead atoms. The number of benzene rings is 1. The highest BCUT2D eigenvalue weighted by atomic mass is 32.2. The summed E-state index contributed by atoms with van der Waals surface area (Å²) in [7, 11) is -3.95. The van der Waals surface area contributed by atoms with E-state index in [1.54, 1.807) is 12.1 Å². The van der Waals surface area contributed by atoms with Crippen LogP contribution in [-0.4, -0.2) is 60.0 Å². The second-order valence-corrected chi connectivity index (χ2v) is 9.41. The number of imide groups is 1. The molecule has 29 heavy (non-hydrogen) atoms. The number of hydrogen-bond acceptors (Lipinski definition) is 6. The van der Waals surface area contributed by atoms with E-state index in [0.29, 0.717) is 6.42 Å². The van der Waals surface area contributed by atoms with Crippen molar-refractivity contribution in [2.75, 3.05) is 13.2 Å². The lowest BCUT2D eigenvalue weighted by Gasteiger charge is -2.27. The average Bonchev–Trinajstić information content (AvgIpc) is 3.25. The molecule has 0 aromatic heterocycles. The van der Waals surface area contributed by atoms with Crippen LogP contribution in [-0.2, 0) is 19.6 Å². The number of aryl methyl sites for hydroxylation is 1. The first-order valence-corrected chi connectivity index (χ1v) is 11.5. The smallest absolute Gasteiger partial charge is 0.416 e. The molecule has 2 amide bonds. The maximum Gasteiger partial charge on any atom is 0.416 e. The van der Waals surface area contributed by atoms with E-state index in [4.69, 9.17) is 17.0 Å². The van der Waals surface area contributed by atoms with Crippen LogP contribution in [0.1, 0.15) is 38.2 Å². The summed E-state index contributed by atoms with van der Waals surface area (Å²) in [5, 5.41) is 2.82. The number of thiocarbonyl (C=S) groups is 1. The zero-order valence-electron chi connectivity index (χ0n) is 16.5. The predicted molar refractivity (Wildman–Crippen MR) is 111 cm³/mol. The molecule has 1 N–H and O–H groups in total. The zero-order chi connectivity index (χ0) is 21.2. The van der Waals surface area contributed by atoms with Crippen LogP contribution in [0, 0.1) is 6.92 Å². The van der Waals surface area contributed by atoms with Gasteiger partial charge in [-0.15, -0.1) is 0 Å². The Morgan fingerprint density at radius 3 is 2.55 bits per heavy atom. The van der Waals surface area contributed by atoms with Gasteiger partial charge in [0.2, 0.25) is 0 Å². The number of ether oxygens (including phenoxy) is 1. The average molecular weight is 440 g/mol. The van der Waals surface area contributed by atoms with E-state index in [-0.39, 0.29) is 23.2 Å². The Morgan fingerprint density at radius 2 is 1.97 bits per heavy atom. The maximum absolute atomic E-state index is 13.3. The van der Waals surface area contributed by atoms with E-state index in [1.807, 2.05) is 13.8 Å². The molecule has 2 aliphatic heterocycles. The van der Waals surface area contributed by atoms with E-state index in [2.05, 4.69) is 5.32 Å².